The molecule has 1 saturated heterocycles. The highest BCUT2D eigenvalue weighted by Crippen LogP contribution is 2.26. The van der Waals surface area contributed by atoms with E-state index in [9.17, 15) is 5.11 Å². The summed E-state index contributed by atoms with van der Waals surface area (Å²) in [4.78, 5) is 0. The first-order valence-corrected chi connectivity index (χ1v) is 8.18. The molecule has 2 heterocycles. The molecule has 128 valence electrons. The zero-order valence-corrected chi connectivity index (χ0v) is 14.3. The van der Waals surface area contributed by atoms with Gasteiger partial charge in [-0.15, -0.1) is 0 Å². The molecule has 1 aliphatic rings. The number of phenols is 1. The van der Waals surface area contributed by atoms with Crippen LogP contribution in [0.4, 0.5) is 0 Å². The van der Waals surface area contributed by atoms with Gasteiger partial charge in [0.2, 0.25) is 4.77 Å². The first-order chi connectivity index (χ1) is 11.6. The van der Waals surface area contributed by atoms with Gasteiger partial charge >= 0.3 is 0 Å². The summed E-state index contributed by atoms with van der Waals surface area (Å²) in [6.07, 6.45) is 2.55. The maximum atomic E-state index is 9.75. The molecule has 1 aliphatic heterocycles. The Bertz CT molecular complexity index is 800. The molecular weight excluding hydrogens is 328 g/mol. The molecule has 24 heavy (non-hydrogen) atoms. The molecule has 0 saturated carbocycles. The second-order valence-corrected chi connectivity index (χ2v) is 5.97. The van der Waals surface area contributed by atoms with Gasteiger partial charge in [0.25, 0.3) is 0 Å². The number of H-pyrrole nitrogens is 1. The number of hydrogen-bond acceptors (Lipinski definition) is 7. The SMILES string of the molecule is CCOc1cc(/C=N/n2c(C3CC(C)NN3)n[nH]c2=S)ccc1O. The van der Waals surface area contributed by atoms with E-state index < -0.39 is 0 Å². The number of benzene rings is 1. The molecule has 1 aromatic carbocycles. The first kappa shape index (κ1) is 16.6. The van der Waals surface area contributed by atoms with Gasteiger partial charge in [-0.05, 0) is 56.2 Å². The average Bonchev–Trinajstić information content (AvgIpc) is 3.14. The van der Waals surface area contributed by atoms with Crippen molar-refractivity contribution < 1.29 is 9.84 Å². The zero-order valence-electron chi connectivity index (χ0n) is 13.5. The van der Waals surface area contributed by atoms with E-state index >= 15 is 0 Å². The topological polar surface area (TPSA) is 99.5 Å². The van der Waals surface area contributed by atoms with Gasteiger partial charge < -0.3 is 9.84 Å². The number of ether oxygens (including phenoxy) is 1. The molecule has 0 radical (unpaired) electrons. The number of aromatic hydroxyl groups is 1. The lowest BCUT2D eigenvalue weighted by atomic mass is 10.1. The van der Waals surface area contributed by atoms with Crippen molar-refractivity contribution in [3.05, 3.63) is 34.4 Å². The summed E-state index contributed by atoms with van der Waals surface area (Å²) in [6.45, 7) is 4.43. The van der Waals surface area contributed by atoms with E-state index in [1.54, 1.807) is 29.1 Å². The van der Waals surface area contributed by atoms with Gasteiger partial charge in [0.1, 0.15) is 0 Å². The number of rotatable bonds is 5. The van der Waals surface area contributed by atoms with Crippen molar-refractivity contribution in [2.75, 3.05) is 6.61 Å². The number of phenolic OH excluding ortho intramolecular Hbond substituents is 1. The summed E-state index contributed by atoms with van der Waals surface area (Å²) in [7, 11) is 0. The van der Waals surface area contributed by atoms with Crippen LogP contribution in [0.15, 0.2) is 23.3 Å². The standard InChI is InChI=1S/C15H20N6O2S/c1-3-23-13-7-10(4-5-12(13)22)8-16-21-14(19-20-15(21)24)11-6-9(2)17-18-11/h4-5,7-9,11,17-18,22H,3,6H2,1-2H3,(H,20,24)/b16-8+. The van der Waals surface area contributed by atoms with Crippen molar-refractivity contribution in [1.82, 2.24) is 25.7 Å². The molecule has 4 N–H and O–H groups in total. The Morgan fingerprint density at radius 2 is 2.33 bits per heavy atom. The molecule has 9 heteroatoms. The predicted octanol–water partition coefficient (Wildman–Crippen LogP) is 1.85. The Balaban J connectivity index is 1.86. The molecule has 2 atom stereocenters. The number of aromatic amines is 1. The lowest BCUT2D eigenvalue weighted by molar-refractivity contribution is 0.318. The molecule has 0 spiro atoms. The fraction of sp³-hybridized carbons (Fsp3) is 0.400. The maximum Gasteiger partial charge on any atom is 0.216 e. The minimum atomic E-state index is 0.0314. The van der Waals surface area contributed by atoms with Crippen molar-refractivity contribution in [2.45, 2.75) is 32.4 Å². The average molecular weight is 348 g/mol. The monoisotopic (exact) mass is 348 g/mol. The predicted molar refractivity (Wildman–Crippen MR) is 92.8 cm³/mol. The number of hydrogen-bond donors (Lipinski definition) is 4. The molecule has 3 rings (SSSR count). The van der Waals surface area contributed by atoms with Crippen molar-refractivity contribution in [1.29, 1.82) is 0 Å². The molecule has 8 nitrogen and oxygen atoms in total. The summed E-state index contributed by atoms with van der Waals surface area (Å²) in [5.41, 5.74) is 7.13. The molecule has 2 unspecified atom stereocenters. The van der Waals surface area contributed by atoms with Gasteiger partial charge in [0, 0.05) is 6.04 Å². The Kier molecular flexibility index (Phi) is 4.93. The highest BCUT2D eigenvalue weighted by atomic mass is 32.1. The van der Waals surface area contributed by atoms with Gasteiger partial charge in [-0.3, -0.25) is 10.5 Å². The van der Waals surface area contributed by atoms with Crippen LogP contribution in [-0.2, 0) is 0 Å². The molecule has 0 bridgehead atoms. The Morgan fingerprint density at radius 1 is 1.50 bits per heavy atom. The second-order valence-electron chi connectivity index (χ2n) is 5.58. The van der Waals surface area contributed by atoms with Crippen molar-refractivity contribution in [3.8, 4) is 11.5 Å². The Morgan fingerprint density at radius 3 is 3.04 bits per heavy atom. The number of nitrogens with one attached hydrogen (secondary N) is 3. The molecule has 2 aromatic rings. The first-order valence-electron chi connectivity index (χ1n) is 7.77. The Labute approximate surface area is 144 Å². The summed E-state index contributed by atoms with van der Waals surface area (Å²) in [6, 6.07) is 5.43. The highest BCUT2D eigenvalue weighted by molar-refractivity contribution is 7.71. The van der Waals surface area contributed by atoms with Crippen LogP contribution >= 0.6 is 12.2 Å². The van der Waals surface area contributed by atoms with E-state index in [1.807, 2.05) is 6.92 Å². The van der Waals surface area contributed by atoms with Crippen molar-refractivity contribution in [3.63, 3.8) is 0 Å². The van der Waals surface area contributed by atoms with E-state index in [1.165, 1.54) is 0 Å². The van der Waals surface area contributed by atoms with Crippen LogP contribution in [0.25, 0.3) is 0 Å². The molecule has 1 fully saturated rings. The van der Waals surface area contributed by atoms with Crippen molar-refractivity contribution in [2.24, 2.45) is 5.10 Å². The van der Waals surface area contributed by atoms with E-state index in [4.69, 9.17) is 17.0 Å². The van der Waals surface area contributed by atoms with Crippen molar-refractivity contribution >= 4 is 18.4 Å². The number of nitrogens with zero attached hydrogens (tertiary/aromatic N) is 3. The summed E-state index contributed by atoms with van der Waals surface area (Å²) in [5, 5.41) is 21.2. The number of aromatic nitrogens is 3. The third-order valence-electron chi connectivity index (χ3n) is 3.69. The smallest absolute Gasteiger partial charge is 0.216 e. The Hall–Kier alpha value is -2.23. The van der Waals surface area contributed by atoms with Gasteiger partial charge in [-0.1, -0.05) is 0 Å². The summed E-state index contributed by atoms with van der Waals surface area (Å²) in [5.74, 6) is 1.25. The second kappa shape index (κ2) is 7.12. The van der Waals surface area contributed by atoms with E-state index in [-0.39, 0.29) is 11.8 Å². The normalized spacial score (nSPS) is 20.8. The third kappa shape index (κ3) is 3.48. The van der Waals surface area contributed by atoms with Crippen LogP contribution in [0.1, 0.15) is 37.7 Å². The summed E-state index contributed by atoms with van der Waals surface area (Å²) >= 11 is 5.26. The molecular formula is C15H20N6O2S. The lowest BCUT2D eigenvalue weighted by Gasteiger charge is -2.08. The zero-order chi connectivity index (χ0) is 17.1. The van der Waals surface area contributed by atoms with Gasteiger partial charge in [0.15, 0.2) is 17.3 Å². The van der Waals surface area contributed by atoms with Crippen LogP contribution in [0.2, 0.25) is 0 Å². The minimum Gasteiger partial charge on any atom is -0.504 e. The van der Waals surface area contributed by atoms with E-state index in [2.05, 4.69) is 33.1 Å². The molecule has 1 aromatic heterocycles. The highest BCUT2D eigenvalue weighted by Gasteiger charge is 2.26. The van der Waals surface area contributed by atoms with Crippen LogP contribution in [-0.4, -0.2) is 38.8 Å². The van der Waals surface area contributed by atoms with Gasteiger partial charge in [-0.2, -0.15) is 14.9 Å². The largest absolute Gasteiger partial charge is 0.504 e. The fourth-order valence-electron chi connectivity index (χ4n) is 2.53. The summed E-state index contributed by atoms with van der Waals surface area (Å²) < 4.78 is 7.40. The van der Waals surface area contributed by atoms with Gasteiger partial charge in [0.05, 0.1) is 18.9 Å². The van der Waals surface area contributed by atoms with E-state index in [0.717, 1.165) is 17.8 Å². The lowest BCUT2D eigenvalue weighted by Crippen LogP contribution is -2.29. The van der Waals surface area contributed by atoms with Crippen LogP contribution in [0.3, 0.4) is 0 Å². The van der Waals surface area contributed by atoms with Gasteiger partial charge in [-0.25, -0.2) is 5.43 Å². The third-order valence-corrected chi connectivity index (χ3v) is 3.95. The minimum absolute atomic E-state index is 0.0314. The van der Waals surface area contributed by atoms with E-state index in [0.29, 0.717) is 23.2 Å². The number of hydrazine groups is 1. The maximum absolute atomic E-state index is 9.75. The van der Waals surface area contributed by atoms with Crippen LogP contribution < -0.4 is 15.6 Å². The van der Waals surface area contributed by atoms with Crippen LogP contribution in [0, 0.1) is 4.77 Å². The molecule has 0 aliphatic carbocycles. The quantitative estimate of drug-likeness (QED) is 0.486. The molecule has 0 amide bonds. The van der Waals surface area contributed by atoms with Crippen LogP contribution in [0.5, 0.6) is 11.5 Å². The fourth-order valence-corrected chi connectivity index (χ4v) is 2.72.